The van der Waals surface area contributed by atoms with Crippen LogP contribution in [0.4, 0.5) is 0 Å². The van der Waals surface area contributed by atoms with Gasteiger partial charge in [-0.1, -0.05) is 31.4 Å². The van der Waals surface area contributed by atoms with Crippen LogP contribution in [0.25, 0.3) is 20.2 Å². The Hall–Kier alpha value is -2.04. The van der Waals surface area contributed by atoms with Gasteiger partial charge in [0.05, 0.1) is 0 Å². The van der Waals surface area contributed by atoms with Crippen LogP contribution in [-0.2, 0) is 0 Å². The molecule has 1 aromatic heterocycles. The Balaban J connectivity index is 1.86. The van der Waals surface area contributed by atoms with Gasteiger partial charge in [0, 0.05) is 25.7 Å². The van der Waals surface area contributed by atoms with Crippen LogP contribution in [0.1, 0.15) is 42.5 Å². The first kappa shape index (κ1) is 15.5. The van der Waals surface area contributed by atoms with Gasteiger partial charge in [0.15, 0.2) is 11.2 Å². The number of benzene rings is 2. The second kappa shape index (κ2) is 5.80. The summed E-state index contributed by atoms with van der Waals surface area (Å²) in [4.78, 5) is 25.5. The molecular weight excluding hydrogens is 320 g/mol. The summed E-state index contributed by atoms with van der Waals surface area (Å²) in [5, 5.41) is 11.9. The van der Waals surface area contributed by atoms with Crippen molar-refractivity contribution in [2.24, 2.45) is 0 Å². The van der Waals surface area contributed by atoms with Crippen LogP contribution in [0, 0.1) is 0 Å². The second-order valence-corrected chi connectivity index (χ2v) is 7.64. The van der Waals surface area contributed by atoms with Crippen molar-refractivity contribution >= 4 is 37.3 Å². The van der Waals surface area contributed by atoms with Crippen molar-refractivity contribution in [2.75, 3.05) is 0 Å². The zero-order valence-corrected chi connectivity index (χ0v) is 14.1. The van der Waals surface area contributed by atoms with Gasteiger partial charge in [-0.25, -0.2) is 0 Å². The molecule has 1 saturated carbocycles. The number of ketones is 1. The van der Waals surface area contributed by atoms with Crippen LogP contribution < -0.4 is 5.43 Å². The first-order valence-corrected chi connectivity index (χ1v) is 9.13. The smallest absolute Gasteiger partial charge is 0.195 e. The summed E-state index contributed by atoms with van der Waals surface area (Å²) in [7, 11) is 0. The van der Waals surface area contributed by atoms with E-state index >= 15 is 0 Å². The molecule has 2 aromatic carbocycles. The Morgan fingerprint density at radius 1 is 0.958 bits per heavy atom. The minimum atomic E-state index is -1.27. The van der Waals surface area contributed by atoms with Crippen molar-refractivity contribution in [1.29, 1.82) is 0 Å². The van der Waals surface area contributed by atoms with E-state index in [1.165, 1.54) is 0 Å². The lowest BCUT2D eigenvalue weighted by Crippen LogP contribution is -2.40. The highest BCUT2D eigenvalue weighted by atomic mass is 32.1. The SMILES string of the molecule is O=C(c1ccc2sc3ccccc3c(=O)c2c1)C1(O)CCCCC1. The Kier molecular flexibility index (Phi) is 3.74. The van der Waals surface area contributed by atoms with Crippen LogP contribution >= 0.6 is 11.3 Å². The molecule has 0 atom stereocenters. The van der Waals surface area contributed by atoms with Gasteiger partial charge in [0.25, 0.3) is 0 Å². The summed E-state index contributed by atoms with van der Waals surface area (Å²) in [6.45, 7) is 0. The number of carbonyl (C=O) groups is 1. The molecule has 0 radical (unpaired) electrons. The number of hydrogen-bond acceptors (Lipinski definition) is 4. The van der Waals surface area contributed by atoms with Crippen LogP contribution in [0.3, 0.4) is 0 Å². The van der Waals surface area contributed by atoms with Gasteiger partial charge in [-0.15, -0.1) is 11.3 Å². The third-order valence-corrected chi connectivity index (χ3v) is 6.09. The lowest BCUT2D eigenvalue weighted by atomic mass is 9.79. The predicted molar refractivity (Wildman–Crippen MR) is 98.0 cm³/mol. The molecule has 24 heavy (non-hydrogen) atoms. The minimum absolute atomic E-state index is 0.0513. The lowest BCUT2D eigenvalue weighted by Gasteiger charge is -2.30. The fourth-order valence-electron chi connectivity index (χ4n) is 3.58. The van der Waals surface area contributed by atoms with E-state index in [1.807, 2.05) is 30.3 Å². The average molecular weight is 338 g/mol. The largest absolute Gasteiger partial charge is 0.382 e. The van der Waals surface area contributed by atoms with Crippen LogP contribution in [0.2, 0.25) is 0 Å². The summed E-state index contributed by atoms with van der Waals surface area (Å²) < 4.78 is 1.81. The summed E-state index contributed by atoms with van der Waals surface area (Å²) in [6, 6.07) is 12.7. The molecule has 0 saturated heterocycles. The van der Waals surface area contributed by atoms with Gasteiger partial charge >= 0.3 is 0 Å². The highest BCUT2D eigenvalue weighted by Gasteiger charge is 2.37. The van der Waals surface area contributed by atoms with Crippen molar-refractivity contribution in [2.45, 2.75) is 37.7 Å². The molecule has 3 nitrogen and oxygen atoms in total. The molecular formula is C20H18O3S. The Morgan fingerprint density at radius 3 is 2.46 bits per heavy atom. The topological polar surface area (TPSA) is 54.4 Å². The van der Waals surface area contributed by atoms with Gasteiger partial charge in [-0.05, 0) is 43.2 Å². The van der Waals surface area contributed by atoms with Gasteiger partial charge in [-0.2, -0.15) is 0 Å². The average Bonchev–Trinajstić information content (AvgIpc) is 2.62. The van der Waals surface area contributed by atoms with Gasteiger partial charge in [0.1, 0.15) is 5.60 Å². The maximum absolute atomic E-state index is 12.8. The number of carbonyl (C=O) groups excluding carboxylic acids is 1. The molecule has 0 bridgehead atoms. The monoisotopic (exact) mass is 338 g/mol. The second-order valence-electron chi connectivity index (χ2n) is 6.56. The van der Waals surface area contributed by atoms with E-state index in [0.717, 1.165) is 28.7 Å². The van der Waals surface area contributed by atoms with E-state index in [4.69, 9.17) is 0 Å². The molecule has 1 fully saturated rings. The van der Waals surface area contributed by atoms with E-state index in [-0.39, 0.29) is 11.2 Å². The number of hydrogen-bond donors (Lipinski definition) is 1. The fourth-order valence-corrected chi connectivity index (χ4v) is 4.63. The Labute approximate surface area is 143 Å². The third kappa shape index (κ3) is 2.46. The number of fused-ring (bicyclic) bond motifs is 2. The molecule has 1 N–H and O–H groups in total. The quantitative estimate of drug-likeness (QED) is 0.560. The first-order chi connectivity index (χ1) is 11.6. The molecule has 3 aromatic rings. The van der Waals surface area contributed by atoms with Gasteiger partial charge in [0.2, 0.25) is 0 Å². The maximum atomic E-state index is 12.8. The highest BCUT2D eigenvalue weighted by Crippen LogP contribution is 2.32. The van der Waals surface area contributed by atoms with E-state index in [9.17, 15) is 14.7 Å². The summed E-state index contributed by atoms with van der Waals surface area (Å²) in [5.41, 5.74) is -0.883. The van der Waals surface area contributed by atoms with Crippen LogP contribution in [0.15, 0.2) is 47.3 Å². The number of Topliss-reactive ketones (excluding diaryl/α,β-unsaturated/α-hetero) is 1. The van der Waals surface area contributed by atoms with Crippen molar-refractivity contribution in [1.82, 2.24) is 0 Å². The van der Waals surface area contributed by atoms with E-state index in [0.29, 0.717) is 29.2 Å². The van der Waals surface area contributed by atoms with Gasteiger partial charge < -0.3 is 5.11 Å². The molecule has 122 valence electrons. The molecule has 1 aliphatic carbocycles. The summed E-state index contributed by atoms with van der Waals surface area (Å²) >= 11 is 1.55. The molecule has 0 unspecified atom stereocenters. The van der Waals surface area contributed by atoms with E-state index in [2.05, 4.69) is 0 Å². The number of aliphatic hydroxyl groups is 1. The van der Waals surface area contributed by atoms with Crippen molar-refractivity contribution < 1.29 is 9.90 Å². The summed E-state index contributed by atoms with van der Waals surface area (Å²) in [6.07, 6.45) is 3.82. The minimum Gasteiger partial charge on any atom is -0.382 e. The molecule has 4 rings (SSSR count). The number of rotatable bonds is 2. The van der Waals surface area contributed by atoms with E-state index in [1.54, 1.807) is 23.5 Å². The third-order valence-electron chi connectivity index (χ3n) is 4.94. The lowest BCUT2D eigenvalue weighted by molar-refractivity contribution is 0.0116. The molecule has 4 heteroatoms. The molecule has 0 spiro atoms. The standard InChI is InChI=1S/C20H18O3S/c21-18-14-6-2-3-7-16(14)24-17-9-8-13(12-15(17)18)19(22)20(23)10-4-1-5-11-20/h2-3,6-9,12,23H,1,4-5,10-11H2. The normalized spacial score (nSPS) is 17.2. The first-order valence-electron chi connectivity index (χ1n) is 8.31. The predicted octanol–water partition coefficient (Wildman–Crippen LogP) is 4.29. The zero-order valence-electron chi connectivity index (χ0n) is 13.2. The van der Waals surface area contributed by atoms with Crippen molar-refractivity contribution in [3.8, 4) is 0 Å². The Bertz CT molecular complexity index is 997. The van der Waals surface area contributed by atoms with Gasteiger partial charge in [-0.3, -0.25) is 9.59 Å². The molecule has 1 aliphatic rings. The molecule has 0 aliphatic heterocycles. The zero-order chi connectivity index (χ0) is 16.7. The van der Waals surface area contributed by atoms with Crippen molar-refractivity contribution in [3.63, 3.8) is 0 Å². The Morgan fingerprint density at radius 2 is 1.67 bits per heavy atom. The van der Waals surface area contributed by atoms with Crippen LogP contribution in [0.5, 0.6) is 0 Å². The van der Waals surface area contributed by atoms with Crippen LogP contribution in [-0.4, -0.2) is 16.5 Å². The molecule has 0 amide bonds. The fraction of sp³-hybridized carbons (Fsp3) is 0.300. The maximum Gasteiger partial charge on any atom is 0.195 e. The van der Waals surface area contributed by atoms with Crippen molar-refractivity contribution in [3.05, 3.63) is 58.3 Å². The molecule has 1 heterocycles. The highest BCUT2D eigenvalue weighted by molar-refractivity contribution is 7.24. The van der Waals surface area contributed by atoms with E-state index < -0.39 is 5.60 Å². The summed E-state index contributed by atoms with van der Waals surface area (Å²) in [5.74, 6) is -0.248.